The number of hydrogen-bond acceptors (Lipinski definition) is 4. The van der Waals surface area contributed by atoms with Gasteiger partial charge in [0.1, 0.15) is 17.6 Å². The lowest BCUT2D eigenvalue weighted by molar-refractivity contribution is 0.191. The lowest BCUT2D eigenvalue weighted by Gasteiger charge is -2.36. The van der Waals surface area contributed by atoms with Crippen molar-refractivity contribution >= 4 is 11.7 Å². The third-order valence-electron chi connectivity index (χ3n) is 5.52. The van der Waals surface area contributed by atoms with Crippen LogP contribution in [0.5, 0.6) is 5.75 Å². The number of ether oxygens (including phenoxy) is 1. The molecule has 0 radical (unpaired) electrons. The van der Waals surface area contributed by atoms with Gasteiger partial charge in [-0.3, -0.25) is 0 Å². The van der Waals surface area contributed by atoms with Gasteiger partial charge in [-0.05, 0) is 18.2 Å². The Bertz CT molecular complexity index is 980. The molecular formula is C23H27N5O2. The molecule has 1 saturated heterocycles. The van der Waals surface area contributed by atoms with Gasteiger partial charge in [0.15, 0.2) is 0 Å². The SMILES string of the molecule is COc1ccccc1C(NC(=O)N1CCN(c2ccccc2)CC1)c1nccn1C. The smallest absolute Gasteiger partial charge is 0.318 e. The van der Waals surface area contributed by atoms with E-state index in [-0.39, 0.29) is 6.03 Å². The van der Waals surface area contributed by atoms with Crippen molar-refractivity contribution < 1.29 is 9.53 Å². The third kappa shape index (κ3) is 4.10. The Hall–Kier alpha value is -3.48. The lowest BCUT2D eigenvalue weighted by Crippen LogP contribution is -2.52. The number of para-hydroxylation sites is 2. The van der Waals surface area contributed by atoms with Gasteiger partial charge in [0.25, 0.3) is 0 Å². The minimum Gasteiger partial charge on any atom is -0.496 e. The molecule has 2 aromatic carbocycles. The number of piperazine rings is 1. The fraction of sp³-hybridized carbons (Fsp3) is 0.304. The number of aromatic nitrogens is 2. The van der Waals surface area contributed by atoms with Crippen LogP contribution < -0.4 is 15.0 Å². The number of anilines is 1. The van der Waals surface area contributed by atoms with E-state index in [1.165, 1.54) is 5.69 Å². The van der Waals surface area contributed by atoms with Crippen LogP contribution in [0.15, 0.2) is 67.0 Å². The first-order valence-electron chi connectivity index (χ1n) is 10.1. The monoisotopic (exact) mass is 405 g/mol. The second-order valence-corrected chi connectivity index (χ2v) is 7.33. The molecular weight excluding hydrogens is 378 g/mol. The molecule has 1 N–H and O–H groups in total. The highest BCUT2D eigenvalue weighted by Gasteiger charge is 2.28. The van der Waals surface area contributed by atoms with Crippen molar-refractivity contribution in [1.29, 1.82) is 0 Å². The number of methoxy groups -OCH3 is 1. The standard InChI is InChI=1S/C23H27N5O2/c1-26-13-12-24-22(26)21(19-10-6-7-11-20(19)30-2)25-23(29)28-16-14-27(15-17-28)18-8-4-3-5-9-18/h3-13,21H,14-17H2,1-2H3,(H,25,29). The van der Waals surface area contributed by atoms with Gasteiger partial charge in [-0.2, -0.15) is 0 Å². The molecule has 0 spiro atoms. The van der Waals surface area contributed by atoms with Crippen LogP contribution in [0.3, 0.4) is 0 Å². The van der Waals surface area contributed by atoms with Crippen molar-refractivity contribution in [3.63, 3.8) is 0 Å². The van der Waals surface area contributed by atoms with Gasteiger partial charge in [0, 0.05) is 56.9 Å². The molecule has 1 aliphatic rings. The molecule has 7 heteroatoms. The Morgan fingerprint density at radius 3 is 2.40 bits per heavy atom. The van der Waals surface area contributed by atoms with E-state index in [0.717, 1.165) is 30.2 Å². The van der Waals surface area contributed by atoms with Gasteiger partial charge in [0.2, 0.25) is 0 Å². The minimum atomic E-state index is -0.402. The van der Waals surface area contributed by atoms with E-state index >= 15 is 0 Å². The van der Waals surface area contributed by atoms with Crippen LogP contribution >= 0.6 is 0 Å². The Morgan fingerprint density at radius 2 is 1.73 bits per heavy atom. The summed E-state index contributed by atoms with van der Waals surface area (Å²) in [5.74, 6) is 1.48. The summed E-state index contributed by atoms with van der Waals surface area (Å²) in [6.45, 7) is 2.94. The van der Waals surface area contributed by atoms with Crippen LogP contribution in [0.4, 0.5) is 10.5 Å². The zero-order valence-corrected chi connectivity index (χ0v) is 17.4. The Kier molecular flexibility index (Phi) is 5.88. The number of nitrogens with zero attached hydrogens (tertiary/aromatic N) is 4. The first-order chi connectivity index (χ1) is 14.7. The van der Waals surface area contributed by atoms with Crippen molar-refractivity contribution in [1.82, 2.24) is 19.8 Å². The van der Waals surface area contributed by atoms with Crippen molar-refractivity contribution in [2.75, 3.05) is 38.2 Å². The van der Waals surface area contributed by atoms with E-state index in [9.17, 15) is 4.79 Å². The van der Waals surface area contributed by atoms with Crippen molar-refractivity contribution in [3.8, 4) is 5.75 Å². The lowest BCUT2D eigenvalue weighted by atomic mass is 10.0. The Morgan fingerprint density at radius 1 is 1.03 bits per heavy atom. The average Bonchev–Trinajstić information content (AvgIpc) is 3.23. The number of urea groups is 1. The molecule has 0 bridgehead atoms. The van der Waals surface area contributed by atoms with Crippen LogP contribution in [-0.4, -0.2) is 53.8 Å². The number of carbonyl (C=O) groups is 1. The molecule has 1 aromatic heterocycles. The summed E-state index contributed by atoms with van der Waals surface area (Å²) in [6.07, 6.45) is 3.62. The third-order valence-corrected chi connectivity index (χ3v) is 5.52. The number of benzene rings is 2. The van der Waals surface area contributed by atoms with E-state index in [1.807, 2.05) is 65.2 Å². The van der Waals surface area contributed by atoms with E-state index in [0.29, 0.717) is 13.1 Å². The predicted molar refractivity (Wildman–Crippen MR) is 117 cm³/mol. The molecule has 1 atom stereocenters. The maximum absolute atomic E-state index is 13.1. The fourth-order valence-electron chi connectivity index (χ4n) is 3.86. The summed E-state index contributed by atoms with van der Waals surface area (Å²) in [7, 11) is 3.56. The van der Waals surface area contributed by atoms with Crippen LogP contribution in [0.2, 0.25) is 0 Å². The number of rotatable bonds is 5. The van der Waals surface area contributed by atoms with Gasteiger partial charge in [-0.15, -0.1) is 0 Å². The van der Waals surface area contributed by atoms with Crippen LogP contribution in [0.1, 0.15) is 17.4 Å². The number of carbonyl (C=O) groups excluding carboxylic acids is 1. The molecule has 30 heavy (non-hydrogen) atoms. The van der Waals surface area contributed by atoms with Gasteiger partial charge in [-0.1, -0.05) is 36.4 Å². The molecule has 1 fully saturated rings. The summed E-state index contributed by atoms with van der Waals surface area (Å²) in [5, 5.41) is 3.18. The van der Waals surface area contributed by atoms with Crippen LogP contribution in [0.25, 0.3) is 0 Å². The minimum absolute atomic E-state index is 0.0957. The molecule has 2 amide bonds. The second-order valence-electron chi connectivity index (χ2n) is 7.33. The quantitative estimate of drug-likeness (QED) is 0.709. The zero-order chi connectivity index (χ0) is 20.9. The average molecular weight is 406 g/mol. The molecule has 3 aromatic rings. The van der Waals surface area contributed by atoms with Crippen molar-refractivity contribution in [3.05, 3.63) is 78.4 Å². The number of aryl methyl sites for hydroxylation is 1. The Labute approximate surface area is 176 Å². The van der Waals surface area contributed by atoms with E-state index in [1.54, 1.807) is 13.3 Å². The van der Waals surface area contributed by atoms with E-state index in [4.69, 9.17) is 4.74 Å². The van der Waals surface area contributed by atoms with Gasteiger partial charge in [-0.25, -0.2) is 9.78 Å². The van der Waals surface area contributed by atoms with Gasteiger partial charge < -0.3 is 24.4 Å². The molecule has 0 aliphatic carbocycles. The van der Waals surface area contributed by atoms with Crippen molar-refractivity contribution in [2.45, 2.75) is 6.04 Å². The molecule has 7 nitrogen and oxygen atoms in total. The summed E-state index contributed by atoms with van der Waals surface area (Å²) in [6, 6.07) is 17.5. The van der Waals surface area contributed by atoms with E-state index in [2.05, 4.69) is 27.3 Å². The Balaban J connectivity index is 1.50. The number of nitrogens with one attached hydrogen (secondary N) is 1. The summed E-state index contributed by atoms with van der Waals surface area (Å²) >= 11 is 0. The first-order valence-corrected chi connectivity index (χ1v) is 10.1. The number of imidazole rings is 1. The first kappa shape index (κ1) is 19.8. The van der Waals surface area contributed by atoms with E-state index < -0.39 is 6.04 Å². The number of amides is 2. The molecule has 1 aliphatic heterocycles. The zero-order valence-electron chi connectivity index (χ0n) is 17.4. The van der Waals surface area contributed by atoms with Crippen LogP contribution in [0, 0.1) is 0 Å². The fourth-order valence-corrected chi connectivity index (χ4v) is 3.86. The normalized spacial score (nSPS) is 15.0. The van der Waals surface area contributed by atoms with Gasteiger partial charge in [0.05, 0.1) is 7.11 Å². The summed E-state index contributed by atoms with van der Waals surface area (Å²) < 4.78 is 7.47. The highest BCUT2D eigenvalue weighted by molar-refractivity contribution is 5.75. The molecule has 4 rings (SSSR count). The van der Waals surface area contributed by atoms with Crippen LogP contribution in [-0.2, 0) is 7.05 Å². The molecule has 156 valence electrons. The maximum Gasteiger partial charge on any atom is 0.318 e. The second kappa shape index (κ2) is 8.90. The van der Waals surface area contributed by atoms with Crippen molar-refractivity contribution in [2.24, 2.45) is 7.05 Å². The highest BCUT2D eigenvalue weighted by atomic mass is 16.5. The summed E-state index contributed by atoms with van der Waals surface area (Å²) in [5.41, 5.74) is 2.07. The largest absolute Gasteiger partial charge is 0.496 e. The highest BCUT2D eigenvalue weighted by Crippen LogP contribution is 2.29. The molecule has 0 saturated carbocycles. The molecule has 2 heterocycles. The summed E-state index contributed by atoms with van der Waals surface area (Å²) in [4.78, 5) is 21.8. The molecule has 1 unspecified atom stereocenters. The topological polar surface area (TPSA) is 62.6 Å². The number of hydrogen-bond donors (Lipinski definition) is 1. The van der Waals surface area contributed by atoms with Gasteiger partial charge >= 0.3 is 6.03 Å². The predicted octanol–water partition coefficient (Wildman–Crippen LogP) is 3.05. The maximum atomic E-state index is 13.1.